The topological polar surface area (TPSA) is 52.1 Å². The summed E-state index contributed by atoms with van der Waals surface area (Å²) in [5, 5.41) is 19.3. The molecule has 1 heterocycles. The molecular weight excluding hydrogens is 84.0 g/mol. The van der Waals surface area contributed by atoms with Crippen LogP contribution < -0.4 is 0 Å². The van der Waals surface area contributed by atoms with E-state index < -0.39 is 0 Å². The Bertz CT molecular complexity index is 112. The number of rotatable bonds is 0. The lowest BCUT2D eigenvalue weighted by Crippen LogP contribution is -2.14. The van der Waals surface area contributed by atoms with Gasteiger partial charge in [0.25, 0.3) is 0 Å². The molecule has 6 heavy (non-hydrogen) atoms. The molecule has 1 rings (SSSR count). The molecule has 0 aliphatic carbocycles. The predicted octanol–water partition coefficient (Wildman–Crippen LogP) is -0.0560. The van der Waals surface area contributed by atoms with E-state index in [1.54, 1.807) is 0 Å². The van der Waals surface area contributed by atoms with Crippen LogP contribution in [-0.2, 0) is 0 Å². The van der Waals surface area contributed by atoms with Crippen LogP contribution in [0.3, 0.4) is 0 Å². The second-order valence-corrected chi connectivity index (χ2v) is 0.903. The fraction of sp³-hybridized carbons (Fsp3) is 0. The molecular formula is C2H2N2O2. The number of hydrogen-bond donors (Lipinski definition) is 0. The van der Waals surface area contributed by atoms with Gasteiger partial charge in [0.05, 0.1) is 9.72 Å². The van der Waals surface area contributed by atoms with E-state index in [-0.39, 0.29) is 9.72 Å². The van der Waals surface area contributed by atoms with Crippen LogP contribution in [-0.4, -0.2) is 9.72 Å². The number of nitrogens with zero attached hydrogens (tertiary/aromatic N) is 2. The quantitative estimate of drug-likeness (QED) is 0.306. The first-order chi connectivity index (χ1) is 2.80. The molecule has 4 heteroatoms. The van der Waals surface area contributed by atoms with Crippen molar-refractivity contribution < 1.29 is 9.72 Å². The molecule has 0 spiro atoms. The summed E-state index contributed by atoms with van der Waals surface area (Å²) >= 11 is 0. The van der Waals surface area contributed by atoms with Crippen LogP contribution in [0.15, 0.2) is 12.4 Å². The van der Waals surface area contributed by atoms with E-state index in [0.717, 1.165) is 12.4 Å². The monoisotopic (exact) mass is 86.0 g/mol. The van der Waals surface area contributed by atoms with Gasteiger partial charge in [0.15, 0.2) is 0 Å². The molecule has 0 aromatic heterocycles. The van der Waals surface area contributed by atoms with Gasteiger partial charge in [-0.3, -0.25) is 0 Å². The fourth-order valence-corrected chi connectivity index (χ4v) is 0.176. The first kappa shape index (κ1) is 3.14. The van der Waals surface area contributed by atoms with Crippen LogP contribution in [0, 0.1) is 10.4 Å². The van der Waals surface area contributed by atoms with Crippen molar-refractivity contribution in [3.63, 3.8) is 0 Å². The standard InChI is InChI=1S/C2H2N2O2/c5-3-1-2-4(3)6/h1-2H. The van der Waals surface area contributed by atoms with Crippen molar-refractivity contribution in [3.05, 3.63) is 22.8 Å². The third-order valence-electron chi connectivity index (χ3n) is 0.516. The van der Waals surface area contributed by atoms with E-state index in [1.807, 2.05) is 0 Å². The summed E-state index contributed by atoms with van der Waals surface area (Å²) in [6.07, 6.45) is 2.26. The SMILES string of the molecule is [O-][N+]1=[N+]([O-])C=C1. The molecule has 32 valence electrons. The Kier molecular flexibility index (Phi) is 0.370. The normalized spacial score (nSPS) is 18.0. The highest BCUT2D eigenvalue weighted by Gasteiger charge is 2.10. The minimum absolute atomic E-state index is 0.194. The summed E-state index contributed by atoms with van der Waals surface area (Å²) in [5.41, 5.74) is 0. The van der Waals surface area contributed by atoms with E-state index >= 15 is 0 Å². The minimum atomic E-state index is 0.194. The van der Waals surface area contributed by atoms with Gasteiger partial charge >= 0.3 is 12.4 Å². The molecule has 0 fully saturated rings. The lowest BCUT2D eigenvalue weighted by molar-refractivity contribution is -0.944. The van der Waals surface area contributed by atoms with Gasteiger partial charge in [0.1, 0.15) is 0 Å². The zero-order chi connectivity index (χ0) is 4.57. The molecule has 0 aromatic rings. The highest BCUT2D eigenvalue weighted by Crippen LogP contribution is 1.89. The van der Waals surface area contributed by atoms with Gasteiger partial charge in [-0.15, -0.1) is 0 Å². The van der Waals surface area contributed by atoms with Crippen molar-refractivity contribution in [2.45, 2.75) is 0 Å². The van der Waals surface area contributed by atoms with Crippen LogP contribution in [0.4, 0.5) is 0 Å². The maximum atomic E-state index is 9.67. The molecule has 0 radical (unpaired) electrons. The third-order valence-corrected chi connectivity index (χ3v) is 0.516. The summed E-state index contributed by atoms with van der Waals surface area (Å²) in [6.45, 7) is 0. The Morgan fingerprint density at radius 1 is 1.00 bits per heavy atom. The van der Waals surface area contributed by atoms with Gasteiger partial charge in [-0.05, 0) is 0 Å². The number of hydroxylamine groups is 2. The molecule has 0 aromatic carbocycles. The molecule has 0 atom stereocenters. The molecule has 0 bridgehead atoms. The van der Waals surface area contributed by atoms with Crippen LogP contribution in [0.1, 0.15) is 0 Å². The van der Waals surface area contributed by atoms with E-state index in [0.29, 0.717) is 0 Å². The van der Waals surface area contributed by atoms with E-state index in [4.69, 9.17) is 0 Å². The first-order valence-electron chi connectivity index (χ1n) is 1.41. The molecule has 0 saturated carbocycles. The summed E-state index contributed by atoms with van der Waals surface area (Å²) in [7, 11) is 0. The lowest BCUT2D eigenvalue weighted by Gasteiger charge is -1.97. The Morgan fingerprint density at radius 3 is 1.33 bits per heavy atom. The Labute approximate surface area is 33.8 Å². The average Bonchev–Trinajstić information content (AvgIpc) is 1.61. The van der Waals surface area contributed by atoms with Crippen LogP contribution in [0.2, 0.25) is 0 Å². The molecule has 0 unspecified atom stereocenters. The highest BCUT2D eigenvalue weighted by molar-refractivity contribution is 4.58. The van der Waals surface area contributed by atoms with Crippen molar-refractivity contribution >= 4 is 0 Å². The average molecular weight is 86.0 g/mol. The number of azo groups is 1. The maximum Gasteiger partial charge on any atom is 0.324 e. The van der Waals surface area contributed by atoms with Crippen molar-refractivity contribution in [1.29, 1.82) is 0 Å². The predicted molar refractivity (Wildman–Crippen MR) is 16.4 cm³/mol. The summed E-state index contributed by atoms with van der Waals surface area (Å²) in [6, 6.07) is 0. The third kappa shape index (κ3) is 0.176. The molecule has 0 saturated heterocycles. The van der Waals surface area contributed by atoms with Gasteiger partial charge in [-0.25, -0.2) is 0 Å². The molecule has 4 nitrogen and oxygen atoms in total. The molecule has 1 aliphatic heterocycles. The largest absolute Gasteiger partial charge is 0.561 e. The minimum Gasteiger partial charge on any atom is -0.561 e. The summed E-state index contributed by atoms with van der Waals surface area (Å²) in [5.74, 6) is 0. The van der Waals surface area contributed by atoms with Crippen LogP contribution in [0.25, 0.3) is 0 Å². The van der Waals surface area contributed by atoms with Gasteiger partial charge in [0, 0.05) is 0 Å². The van der Waals surface area contributed by atoms with Crippen LogP contribution >= 0.6 is 0 Å². The van der Waals surface area contributed by atoms with Gasteiger partial charge in [-0.2, -0.15) is 0 Å². The number of hydrogen-bond acceptors (Lipinski definition) is 2. The smallest absolute Gasteiger partial charge is 0.324 e. The zero-order valence-electron chi connectivity index (χ0n) is 2.87. The fourth-order valence-electron chi connectivity index (χ4n) is 0.176. The Hall–Kier alpha value is -1.06. The second kappa shape index (κ2) is 0.707. The molecule has 1 aliphatic rings. The first-order valence-corrected chi connectivity index (χ1v) is 1.41. The van der Waals surface area contributed by atoms with Gasteiger partial charge in [0.2, 0.25) is 0 Å². The van der Waals surface area contributed by atoms with Crippen molar-refractivity contribution in [2.24, 2.45) is 0 Å². The maximum absolute atomic E-state index is 9.67. The van der Waals surface area contributed by atoms with Crippen molar-refractivity contribution in [1.82, 2.24) is 0 Å². The zero-order valence-corrected chi connectivity index (χ0v) is 2.87. The van der Waals surface area contributed by atoms with Gasteiger partial charge < -0.3 is 10.4 Å². The van der Waals surface area contributed by atoms with Gasteiger partial charge in [-0.1, -0.05) is 0 Å². The molecule has 0 amide bonds. The van der Waals surface area contributed by atoms with Crippen LogP contribution in [0.5, 0.6) is 0 Å². The van der Waals surface area contributed by atoms with E-state index in [9.17, 15) is 10.4 Å². The molecule has 0 N–H and O–H groups in total. The Morgan fingerprint density at radius 2 is 1.33 bits per heavy atom. The second-order valence-electron chi connectivity index (χ2n) is 0.903. The van der Waals surface area contributed by atoms with E-state index in [2.05, 4.69) is 0 Å². The van der Waals surface area contributed by atoms with E-state index in [1.165, 1.54) is 0 Å². The Balaban J connectivity index is 2.71. The summed E-state index contributed by atoms with van der Waals surface area (Å²) in [4.78, 5) is 0.389. The summed E-state index contributed by atoms with van der Waals surface area (Å²) < 4.78 is 0. The highest BCUT2D eigenvalue weighted by atomic mass is 16.6. The van der Waals surface area contributed by atoms with Crippen molar-refractivity contribution in [3.8, 4) is 0 Å². The van der Waals surface area contributed by atoms with Crippen molar-refractivity contribution in [2.75, 3.05) is 0 Å². The lowest BCUT2D eigenvalue weighted by atomic mass is 10.9.